The monoisotopic (exact) mass is 639 g/mol. The SMILES string of the molecule is CC.CCCCCCC.CCc1cc(Nc2cccn3c(-c4cn(CC#N)nc4C(F)(F)F)cnc23)ccc1C(=O)NC(C)C=O. The fraction of sp³-hybridized carbons (Fsp3) is 0.441. The number of fused-ring (bicyclic) bond motifs is 1. The number of amides is 1. The lowest BCUT2D eigenvalue weighted by atomic mass is 10.0. The number of pyridine rings is 1. The Hall–Kier alpha value is -4.66. The third-order valence-electron chi connectivity index (χ3n) is 6.85. The molecule has 0 saturated heterocycles. The number of aldehydes is 1. The summed E-state index contributed by atoms with van der Waals surface area (Å²) in [6, 6.07) is 9.69. The van der Waals surface area contributed by atoms with Crippen molar-refractivity contribution in [2.45, 2.75) is 98.8 Å². The molecule has 3 aromatic heterocycles. The lowest BCUT2D eigenvalue weighted by Gasteiger charge is -2.14. The van der Waals surface area contributed by atoms with Gasteiger partial charge in [0.2, 0.25) is 0 Å². The van der Waals surface area contributed by atoms with E-state index in [0.717, 1.165) is 10.2 Å². The van der Waals surface area contributed by atoms with Gasteiger partial charge in [-0.2, -0.15) is 23.5 Å². The Labute approximate surface area is 268 Å². The molecular formula is C34H44F3N7O2. The number of alkyl halides is 3. The standard InChI is InChI=1S/C25H22F3N7O2.C7H16.C2H6/c1-3-16-11-17(6-7-18(16)24(37)31-15(2)14-36)32-20-5-4-9-35-21(12-30-23(20)35)19-13-34(10-8-29)33-22(19)25(26,27)28;1-3-5-7-6-4-2;1-2/h4-7,9,11-15,32H,3,10H2,1-2H3,(H,31,37);3-7H2,1-2H3;1-2H3. The van der Waals surface area contributed by atoms with Crippen LogP contribution in [0, 0.1) is 11.3 Å². The smallest absolute Gasteiger partial charge is 0.352 e. The second kappa shape index (κ2) is 18.3. The molecule has 248 valence electrons. The molecule has 4 aromatic rings. The number of aromatic nitrogens is 4. The van der Waals surface area contributed by atoms with Gasteiger partial charge in [0, 0.05) is 23.6 Å². The van der Waals surface area contributed by atoms with Gasteiger partial charge in [0.1, 0.15) is 12.8 Å². The minimum absolute atomic E-state index is 0.167. The van der Waals surface area contributed by atoms with Gasteiger partial charge >= 0.3 is 6.18 Å². The van der Waals surface area contributed by atoms with Crippen LogP contribution in [-0.4, -0.2) is 37.4 Å². The number of nitrogens with one attached hydrogen (secondary N) is 2. The van der Waals surface area contributed by atoms with Crippen molar-refractivity contribution in [1.82, 2.24) is 24.5 Å². The summed E-state index contributed by atoms with van der Waals surface area (Å²) in [5.41, 5.74) is 1.61. The predicted molar refractivity (Wildman–Crippen MR) is 175 cm³/mol. The molecule has 1 amide bonds. The number of hydrogen-bond donors (Lipinski definition) is 2. The number of rotatable bonds is 12. The molecule has 0 spiro atoms. The largest absolute Gasteiger partial charge is 0.435 e. The maximum atomic E-state index is 13.7. The second-order valence-corrected chi connectivity index (χ2v) is 10.3. The van der Waals surface area contributed by atoms with E-state index in [-0.39, 0.29) is 23.7 Å². The zero-order valence-electron chi connectivity index (χ0n) is 27.4. The van der Waals surface area contributed by atoms with E-state index >= 15 is 0 Å². The van der Waals surface area contributed by atoms with Crippen LogP contribution in [0.4, 0.5) is 24.5 Å². The number of aryl methyl sites for hydroxylation is 1. The topological polar surface area (TPSA) is 117 Å². The molecule has 1 atom stereocenters. The van der Waals surface area contributed by atoms with Gasteiger partial charge in [0.15, 0.2) is 11.3 Å². The molecule has 12 heteroatoms. The van der Waals surface area contributed by atoms with E-state index in [4.69, 9.17) is 5.26 Å². The zero-order chi connectivity index (χ0) is 34.3. The highest BCUT2D eigenvalue weighted by Crippen LogP contribution is 2.37. The molecule has 1 unspecified atom stereocenters. The second-order valence-electron chi connectivity index (χ2n) is 10.3. The van der Waals surface area contributed by atoms with Crippen molar-refractivity contribution in [3.05, 3.63) is 65.7 Å². The normalized spacial score (nSPS) is 11.4. The summed E-state index contributed by atoms with van der Waals surface area (Å²) in [6.07, 6.45) is 7.58. The van der Waals surface area contributed by atoms with E-state index in [0.29, 0.717) is 35.3 Å². The van der Waals surface area contributed by atoms with Gasteiger partial charge in [-0.15, -0.1) is 0 Å². The Morgan fingerprint density at radius 2 is 1.80 bits per heavy atom. The van der Waals surface area contributed by atoms with Gasteiger partial charge in [-0.05, 0) is 49.2 Å². The first-order chi connectivity index (χ1) is 22.1. The lowest BCUT2D eigenvalue weighted by molar-refractivity contribution is -0.141. The number of imidazole rings is 1. The van der Waals surface area contributed by atoms with Crippen molar-refractivity contribution >= 4 is 29.2 Å². The Bertz CT molecular complexity index is 1600. The highest BCUT2D eigenvalue weighted by molar-refractivity contribution is 5.97. The van der Waals surface area contributed by atoms with E-state index in [9.17, 15) is 22.8 Å². The van der Waals surface area contributed by atoms with E-state index in [1.807, 2.05) is 20.8 Å². The van der Waals surface area contributed by atoms with E-state index in [1.165, 1.54) is 48.9 Å². The quantitative estimate of drug-likeness (QED) is 0.119. The maximum absolute atomic E-state index is 13.7. The summed E-state index contributed by atoms with van der Waals surface area (Å²) >= 11 is 0. The molecule has 0 fully saturated rings. The first kappa shape index (κ1) is 37.5. The summed E-state index contributed by atoms with van der Waals surface area (Å²) in [5.74, 6) is -0.361. The lowest BCUT2D eigenvalue weighted by Crippen LogP contribution is -2.34. The van der Waals surface area contributed by atoms with Gasteiger partial charge in [0.05, 0.1) is 35.3 Å². The first-order valence-electron chi connectivity index (χ1n) is 15.7. The van der Waals surface area contributed by atoms with Crippen LogP contribution in [0.5, 0.6) is 0 Å². The number of benzene rings is 1. The van der Waals surface area contributed by atoms with Crippen LogP contribution < -0.4 is 10.6 Å². The minimum Gasteiger partial charge on any atom is -0.352 e. The number of unbranched alkanes of at least 4 members (excludes halogenated alkanes) is 4. The van der Waals surface area contributed by atoms with Crippen molar-refractivity contribution in [3.8, 4) is 17.3 Å². The van der Waals surface area contributed by atoms with E-state index < -0.39 is 17.9 Å². The van der Waals surface area contributed by atoms with Crippen LogP contribution in [0.25, 0.3) is 16.9 Å². The van der Waals surface area contributed by atoms with Crippen molar-refractivity contribution < 1.29 is 22.8 Å². The summed E-state index contributed by atoms with van der Waals surface area (Å²) in [4.78, 5) is 27.7. The number of anilines is 2. The van der Waals surface area contributed by atoms with E-state index in [2.05, 4.69) is 34.6 Å². The number of nitrogens with zero attached hydrogens (tertiary/aromatic N) is 5. The average molecular weight is 640 g/mol. The molecule has 9 nitrogen and oxygen atoms in total. The minimum atomic E-state index is -4.72. The van der Waals surface area contributed by atoms with Crippen molar-refractivity contribution in [2.24, 2.45) is 0 Å². The van der Waals surface area contributed by atoms with Crippen LogP contribution in [0.2, 0.25) is 0 Å². The zero-order valence-corrected chi connectivity index (χ0v) is 27.4. The van der Waals surface area contributed by atoms with Gasteiger partial charge in [-0.25, -0.2) is 4.98 Å². The Morgan fingerprint density at radius 3 is 2.39 bits per heavy atom. The third kappa shape index (κ3) is 9.92. The molecule has 1 aromatic carbocycles. The molecule has 3 heterocycles. The molecule has 2 N–H and O–H groups in total. The maximum Gasteiger partial charge on any atom is 0.435 e. The van der Waals surface area contributed by atoms with Crippen molar-refractivity contribution in [3.63, 3.8) is 0 Å². The third-order valence-corrected chi connectivity index (χ3v) is 6.85. The van der Waals surface area contributed by atoms with Gasteiger partial charge < -0.3 is 15.4 Å². The molecule has 0 saturated carbocycles. The van der Waals surface area contributed by atoms with Crippen LogP contribution >= 0.6 is 0 Å². The van der Waals surface area contributed by atoms with Gasteiger partial charge in [-0.3, -0.25) is 13.9 Å². The van der Waals surface area contributed by atoms with Crippen LogP contribution in [0.15, 0.2) is 48.9 Å². The molecule has 0 bridgehead atoms. The molecular weight excluding hydrogens is 595 g/mol. The fourth-order valence-corrected chi connectivity index (χ4v) is 4.62. The molecule has 0 radical (unpaired) electrons. The highest BCUT2D eigenvalue weighted by Gasteiger charge is 2.38. The Balaban J connectivity index is 0.000000724. The Kier molecular flexibility index (Phi) is 15.0. The first-order valence-corrected chi connectivity index (χ1v) is 15.7. The summed E-state index contributed by atoms with van der Waals surface area (Å²) < 4.78 is 43.4. The number of carbonyl (C=O) groups excluding carboxylic acids is 2. The average Bonchev–Trinajstić information content (AvgIpc) is 3.68. The van der Waals surface area contributed by atoms with Crippen LogP contribution in [0.1, 0.15) is 95.3 Å². The fourth-order valence-electron chi connectivity index (χ4n) is 4.62. The summed E-state index contributed by atoms with van der Waals surface area (Å²) in [7, 11) is 0. The van der Waals surface area contributed by atoms with Crippen LogP contribution in [0.3, 0.4) is 0 Å². The number of nitriles is 1. The van der Waals surface area contributed by atoms with E-state index in [1.54, 1.807) is 49.5 Å². The molecule has 0 aliphatic heterocycles. The number of hydrogen-bond acceptors (Lipinski definition) is 6. The van der Waals surface area contributed by atoms with Gasteiger partial charge in [-0.1, -0.05) is 66.7 Å². The van der Waals surface area contributed by atoms with Crippen molar-refractivity contribution in [2.75, 3.05) is 5.32 Å². The number of carbonyl (C=O) groups is 2. The number of halogens is 3. The summed E-state index contributed by atoms with van der Waals surface area (Å²) in [5, 5.41) is 18.3. The Morgan fingerprint density at radius 1 is 1.11 bits per heavy atom. The predicted octanol–water partition coefficient (Wildman–Crippen LogP) is 8.37. The summed E-state index contributed by atoms with van der Waals surface area (Å²) in [6.45, 7) is 11.6. The highest BCUT2D eigenvalue weighted by atomic mass is 19.4. The molecule has 0 aliphatic carbocycles. The van der Waals surface area contributed by atoms with Crippen LogP contribution in [-0.2, 0) is 23.9 Å². The van der Waals surface area contributed by atoms with Gasteiger partial charge in [0.25, 0.3) is 5.91 Å². The molecule has 4 rings (SSSR count). The van der Waals surface area contributed by atoms with Crippen molar-refractivity contribution in [1.29, 1.82) is 5.26 Å². The molecule has 0 aliphatic rings. The molecule has 46 heavy (non-hydrogen) atoms.